The number of hydrogen-bond donors (Lipinski definition) is 2. The minimum atomic E-state index is -0.272. The summed E-state index contributed by atoms with van der Waals surface area (Å²) in [5.41, 5.74) is 5.44. The van der Waals surface area contributed by atoms with Crippen molar-refractivity contribution in [2.45, 2.75) is 0 Å². The maximum absolute atomic E-state index is 11.2. The van der Waals surface area contributed by atoms with E-state index in [2.05, 4.69) is 31.1 Å². The third-order valence-electron chi connectivity index (χ3n) is 1.62. The predicted octanol–water partition coefficient (Wildman–Crippen LogP) is 0.663. The van der Waals surface area contributed by atoms with E-state index in [1.54, 1.807) is 12.3 Å². The Balaban J connectivity index is 3.01. The lowest BCUT2D eigenvalue weighted by Crippen LogP contribution is -2.08. The molecule has 2 heterocycles. The fourth-order valence-corrected chi connectivity index (χ4v) is 1.45. The van der Waals surface area contributed by atoms with Crippen molar-refractivity contribution in [3.63, 3.8) is 0 Å². The van der Waals surface area contributed by atoms with Crippen molar-refractivity contribution in [1.29, 1.82) is 0 Å². The molecule has 0 aliphatic heterocycles. The minimum Gasteiger partial charge on any atom is -0.382 e. The van der Waals surface area contributed by atoms with Crippen LogP contribution in [-0.2, 0) is 0 Å². The van der Waals surface area contributed by atoms with E-state index in [4.69, 9.17) is 5.73 Å². The largest absolute Gasteiger partial charge is 0.382 e. The van der Waals surface area contributed by atoms with Gasteiger partial charge in [0, 0.05) is 16.1 Å². The number of hydrogen-bond acceptors (Lipinski definition) is 4. The van der Waals surface area contributed by atoms with Crippen LogP contribution < -0.4 is 11.3 Å². The Bertz CT molecular complexity index is 521. The molecule has 0 unspecified atom stereocenters. The minimum absolute atomic E-state index is 0.272. The maximum atomic E-state index is 11.2. The Kier molecular flexibility index (Phi) is 1.77. The van der Waals surface area contributed by atoms with Gasteiger partial charge in [0.05, 0.1) is 0 Å². The van der Waals surface area contributed by atoms with Gasteiger partial charge < -0.3 is 10.7 Å². The fraction of sp³-hybridized carbons (Fsp3) is 0. The Morgan fingerprint density at radius 1 is 1.46 bits per heavy atom. The Hall–Kier alpha value is -1.43. The first kappa shape index (κ1) is 8.18. The first-order valence-electron chi connectivity index (χ1n) is 3.48. The van der Waals surface area contributed by atoms with Gasteiger partial charge in [-0.3, -0.25) is 4.79 Å². The van der Waals surface area contributed by atoms with E-state index < -0.39 is 0 Å². The molecule has 0 amide bonds. The molecule has 0 saturated heterocycles. The molecular formula is C7H5BrN4O. The number of aromatic nitrogens is 3. The van der Waals surface area contributed by atoms with E-state index in [-0.39, 0.29) is 11.1 Å². The second-order valence-corrected chi connectivity index (χ2v) is 3.35. The van der Waals surface area contributed by atoms with Crippen LogP contribution in [0.3, 0.4) is 0 Å². The number of nitrogens with two attached hydrogens (primary N) is 1. The molecular weight excluding hydrogens is 236 g/mol. The van der Waals surface area contributed by atoms with Crippen LogP contribution in [0.15, 0.2) is 21.5 Å². The van der Waals surface area contributed by atoms with Gasteiger partial charge in [-0.2, -0.15) is 0 Å². The molecule has 0 aromatic carbocycles. The van der Waals surface area contributed by atoms with Crippen molar-refractivity contribution in [1.82, 2.24) is 15.2 Å². The van der Waals surface area contributed by atoms with Crippen LogP contribution in [0.1, 0.15) is 0 Å². The van der Waals surface area contributed by atoms with Gasteiger partial charge in [-0.25, -0.2) is 0 Å². The molecule has 0 spiro atoms. The number of rotatable bonds is 0. The monoisotopic (exact) mass is 240 g/mol. The molecule has 0 aliphatic carbocycles. The van der Waals surface area contributed by atoms with E-state index in [1.165, 1.54) is 0 Å². The highest BCUT2D eigenvalue weighted by molar-refractivity contribution is 9.10. The molecule has 2 rings (SSSR count). The Morgan fingerprint density at radius 2 is 2.23 bits per heavy atom. The molecule has 2 aromatic rings. The van der Waals surface area contributed by atoms with Gasteiger partial charge in [0.15, 0.2) is 5.52 Å². The van der Waals surface area contributed by atoms with Gasteiger partial charge in [-0.1, -0.05) is 0 Å². The predicted molar refractivity (Wildman–Crippen MR) is 52.3 cm³/mol. The SMILES string of the molecule is Nc1cc2c(Br)c[nH]c(=O)c2nn1. The molecule has 0 atom stereocenters. The summed E-state index contributed by atoms with van der Waals surface area (Å²) in [6.07, 6.45) is 1.55. The molecule has 0 bridgehead atoms. The van der Waals surface area contributed by atoms with Crippen LogP contribution >= 0.6 is 15.9 Å². The Labute approximate surface area is 81.1 Å². The summed E-state index contributed by atoms with van der Waals surface area (Å²) in [5.74, 6) is 0.291. The number of nitrogens with zero attached hydrogens (tertiary/aromatic N) is 2. The molecule has 0 saturated carbocycles. The second-order valence-electron chi connectivity index (χ2n) is 2.50. The summed E-state index contributed by atoms with van der Waals surface area (Å²) in [6, 6.07) is 1.60. The van der Waals surface area contributed by atoms with Crippen molar-refractivity contribution in [3.8, 4) is 0 Å². The normalized spacial score (nSPS) is 10.5. The van der Waals surface area contributed by atoms with E-state index in [1.807, 2.05) is 0 Å². The number of anilines is 1. The van der Waals surface area contributed by atoms with E-state index in [9.17, 15) is 4.79 Å². The van der Waals surface area contributed by atoms with Crippen LogP contribution in [0.4, 0.5) is 5.82 Å². The number of fused-ring (bicyclic) bond motifs is 1. The molecule has 13 heavy (non-hydrogen) atoms. The van der Waals surface area contributed by atoms with E-state index >= 15 is 0 Å². The van der Waals surface area contributed by atoms with Gasteiger partial charge in [0.25, 0.3) is 5.56 Å². The molecule has 6 heteroatoms. The van der Waals surface area contributed by atoms with Crippen LogP contribution in [0.5, 0.6) is 0 Å². The molecule has 0 aliphatic rings. The lowest BCUT2D eigenvalue weighted by Gasteiger charge is -1.98. The highest BCUT2D eigenvalue weighted by Gasteiger charge is 2.04. The number of pyridine rings is 1. The van der Waals surface area contributed by atoms with Crippen molar-refractivity contribution < 1.29 is 0 Å². The van der Waals surface area contributed by atoms with Crippen LogP contribution in [0.2, 0.25) is 0 Å². The molecule has 2 aromatic heterocycles. The van der Waals surface area contributed by atoms with Gasteiger partial charge in [0.1, 0.15) is 5.82 Å². The number of nitrogens with one attached hydrogen (secondary N) is 1. The number of halogens is 1. The lowest BCUT2D eigenvalue weighted by molar-refractivity contribution is 1.07. The zero-order valence-corrected chi connectivity index (χ0v) is 8.00. The highest BCUT2D eigenvalue weighted by Crippen LogP contribution is 2.18. The second kappa shape index (κ2) is 2.81. The van der Waals surface area contributed by atoms with Gasteiger partial charge in [-0.05, 0) is 22.0 Å². The molecule has 0 fully saturated rings. The summed E-state index contributed by atoms with van der Waals surface area (Å²) >= 11 is 3.27. The zero-order valence-electron chi connectivity index (χ0n) is 6.41. The topological polar surface area (TPSA) is 84.7 Å². The first-order chi connectivity index (χ1) is 6.18. The molecule has 66 valence electrons. The van der Waals surface area contributed by atoms with Crippen molar-refractivity contribution in [2.24, 2.45) is 0 Å². The average Bonchev–Trinajstić information content (AvgIpc) is 2.12. The molecule has 3 N–H and O–H groups in total. The quantitative estimate of drug-likeness (QED) is 0.709. The van der Waals surface area contributed by atoms with Crippen molar-refractivity contribution in [2.75, 3.05) is 5.73 Å². The van der Waals surface area contributed by atoms with Crippen molar-refractivity contribution in [3.05, 3.63) is 27.1 Å². The van der Waals surface area contributed by atoms with Crippen molar-refractivity contribution >= 4 is 32.7 Å². The molecule has 0 radical (unpaired) electrons. The third kappa shape index (κ3) is 1.29. The number of nitrogen functional groups attached to an aromatic ring is 1. The standard InChI is InChI=1S/C7H5BrN4O/c8-4-2-10-7(13)6-3(4)1-5(9)11-12-6/h1-2H,(H2,9,11)(H,10,13). The third-order valence-corrected chi connectivity index (χ3v) is 2.27. The molecule has 5 nitrogen and oxygen atoms in total. The van der Waals surface area contributed by atoms with Crippen LogP contribution in [0.25, 0.3) is 10.9 Å². The maximum Gasteiger partial charge on any atom is 0.276 e. The number of aromatic amines is 1. The summed E-state index contributed by atoms with van der Waals surface area (Å²) in [6.45, 7) is 0. The van der Waals surface area contributed by atoms with Gasteiger partial charge in [0.2, 0.25) is 0 Å². The van der Waals surface area contributed by atoms with Gasteiger partial charge in [-0.15, -0.1) is 10.2 Å². The van der Waals surface area contributed by atoms with E-state index in [0.717, 1.165) is 4.47 Å². The first-order valence-corrected chi connectivity index (χ1v) is 4.28. The van der Waals surface area contributed by atoms with Gasteiger partial charge >= 0.3 is 0 Å². The summed E-state index contributed by atoms with van der Waals surface area (Å²) < 4.78 is 0.740. The fourth-order valence-electron chi connectivity index (χ4n) is 1.03. The smallest absolute Gasteiger partial charge is 0.276 e. The Morgan fingerprint density at radius 3 is 3.00 bits per heavy atom. The average molecular weight is 241 g/mol. The van der Waals surface area contributed by atoms with Crippen LogP contribution in [0, 0.1) is 0 Å². The summed E-state index contributed by atoms with van der Waals surface area (Å²) in [7, 11) is 0. The summed E-state index contributed by atoms with van der Waals surface area (Å²) in [5, 5.41) is 7.95. The zero-order chi connectivity index (χ0) is 9.42. The summed E-state index contributed by atoms with van der Waals surface area (Å²) in [4.78, 5) is 13.7. The van der Waals surface area contributed by atoms with Crippen LogP contribution in [-0.4, -0.2) is 15.2 Å². The highest BCUT2D eigenvalue weighted by atomic mass is 79.9. The van der Waals surface area contributed by atoms with E-state index in [0.29, 0.717) is 11.2 Å². The number of H-pyrrole nitrogens is 1. The lowest BCUT2D eigenvalue weighted by atomic mass is 10.3.